The zero-order valence-electron chi connectivity index (χ0n) is 11.6. The molecule has 0 bridgehead atoms. The molecule has 0 aromatic carbocycles. The Morgan fingerprint density at radius 2 is 2.26 bits per heavy atom. The van der Waals surface area contributed by atoms with Gasteiger partial charge in [0.2, 0.25) is 0 Å². The standard InChI is InChI=1S/C14H20N2O3/c1-10(17)6-7-16(3)9-12-11(2)19-14(15-12)13-5-4-8-18-13/h4-5,8,10,17H,6-7,9H2,1-3H3. The van der Waals surface area contributed by atoms with Crippen LogP contribution in [0.5, 0.6) is 0 Å². The zero-order chi connectivity index (χ0) is 13.8. The lowest BCUT2D eigenvalue weighted by Gasteiger charge is -2.16. The molecule has 0 saturated carbocycles. The number of furan rings is 1. The topological polar surface area (TPSA) is 62.6 Å². The zero-order valence-corrected chi connectivity index (χ0v) is 11.6. The molecule has 0 aliphatic heterocycles. The van der Waals surface area contributed by atoms with E-state index < -0.39 is 0 Å². The van der Waals surface area contributed by atoms with Crippen molar-refractivity contribution in [1.29, 1.82) is 0 Å². The highest BCUT2D eigenvalue weighted by Crippen LogP contribution is 2.22. The van der Waals surface area contributed by atoms with Crippen molar-refractivity contribution < 1.29 is 13.9 Å². The van der Waals surface area contributed by atoms with Crippen LogP contribution in [0.1, 0.15) is 24.8 Å². The van der Waals surface area contributed by atoms with E-state index in [1.807, 2.05) is 26.1 Å². The van der Waals surface area contributed by atoms with Crippen LogP contribution in [0.4, 0.5) is 0 Å². The number of aliphatic hydroxyl groups excluding tert-OH is 1. The molecule has 0 aliphatic rings. The molecule has 2 aromatic heterocycles. The average molecular weight is 264 g/mol. The third kappa shape index (κ3) is 3.68. The molecule has 1 N–H and O–H groups in total. The molecule has 0 spiro atoms. The van der Waals surface area contributed by atoms with Gasteiger partial charge in [0.1, 0.15) is 5.76 Å². The number of aromatic nitrogens is 1. The minimum absolute atomic E-state index is 0.278. The van der Waals surface area contributed by atoms with Crippen LogP contribution in [0.25, 0.3) is 11.7 Å². The molecular weight excluding hydrogens is 244 g/mol. The van der Waals surface area contributed by atoms with Gasteiger partial charge in [-0.15, -0.1) is 0 Å². The monoisotopic (exact) mass is 264 g/mol. The van der Waals surface area contributed by atoms with Gasteiger partial charge in [-0.05, 0) is 39.4 Å². The highest BCUT2D eigenvalue weighted by Gasteiger charge is 2.14. The second-order valence-corrected chi connectivity index (χ2v) is 4.87. The van der Waals surface area contributed by atoms with E-state index in [2.05, 4.69) is 9.88 Å². The van der Waals surface area contributed by atoms with Gasteiger partial charge in [-0.25, -0.2) is 4.98 Å². The second kappa shape index (κ2) is 6.04. The van der Waals surface area contributed by atoms with Gasteiger partial charge in [0.05, 0.1) is 18.1 Å². The fourth-order valence-electron chi connectivity index (χ4n) is 1.82. The van der Waals surface area contributed by atoms with Gasteiger partial charge in [-0.3, -0.25) is 0 Å². The third-order valence-corrected chi connectivity index (χ3v) is 2.97. The summed E-state index contributed by atoms with van der Waals surface area (Å²) in [5, 5.41) is 9.28. The highest BCUT2D eigenvalue weighted by molar-refractivity contribution is 5.44. The van der Waals surface area contributed by atoms with Crippen LogP contribution >= 0.6 is 0 Å². The molecule has 0 radical (unpaired) electrons. The molecular formula is C14H20N2O3. The van der Waals surface area contributed by atoms with Crippen molar-refractivity contribution >= 4 is 0 Å². The fraction of sp³-hybridized carbons (Fsp3) is 0.500. The number of oxazole rings is 1. The van der Waals surface area contributed by atoms with E-state index in [0.717, 1.165) is 24.4 Å². The van der Waals surface area contributed by atoms with Gasteiger partial charge >= 0.3 is 0 Å². The fourth-order valence-corrected chi connectivity index (χ4v) is 1.82. The molecule has 2 rings (SSSR count). The van der Waals surface area contributed by atoms with Crippen molar-refractivity contribution in [3.63, 3.8) is 0 Å². The summed E-state index contributed by atoms with van der Waals surface area (Å²) in [6.45, 7) is 5.21. The average Bonchev–Trinajstić information content (AvgIpc) is 2.97. The lowest BCUT2D eigenvalue weighted by Crippen LogP contribution is -2.22. The number of hydrogen-bond donors (Lipinski definition) is 1. The SMILES string of the molecule is Cc1oc(-c2ccco2)nc1CN(C)CCC(C)O. The van der Waals surface area contributed by atoms with E-state index >= 15 is 0 Å². The Labute approximate surface area is 112 Å². The summed E-state index contributed by atoms with van der Waals surface area (Å²) in [6, 6.07) is 3.63. The summed E-state index contributed by atoms with van der Waals surface area (Å²) in [5.74, 6) is 1.96. The van der Waals surface area contributed by atoms with Gasteiger partial charge in [-0.2, -0.15) is 0 Å². The maximum Gasteiger partial charge on any atom is 0.263 e. The summed E-state index contributed by atoms with van der Waals surface area (Å²) in [6.07, 6.45) is 2.07. The molecule has 1 unspecified atom stereocenters. The van der Waals surface area contributed by atoms with Gasteiger partial charge in [-0.1, -0.05) is 0 Å². The number of rotatable bonds is 6. The Morgan fingerprint density at radius 3 is 2.89 bits per heavy atom. The first-order chi connectivity index (χ1) is 9.06. The quantitative estimate of drug-likeness (QED) is 0.868. The lowest BCUT2D eigenvalue weighted by molar-refractivity contribution is 0.162. The van der Waals surface area contributed by atoms with E-state index in [4.69, 9.17) is 8.83 Å². The predicted molar refractivity (Wildman–Crippen MR) is 71.6 cm³/mol. The number of aryl methyl sites for hydroxylation is 1. The maximum atomic E-state index is 9.28. The van der Waals surface area contributed by atoms with Crippen LogP contribution in [0, 0.1) is 6.92 Å². The van der Waals surface area contributed by atoms with E-state index in [9.17, 15) is 5.11 Å². The van der Waals surface area contributed by atoms with Crippen molar-refractivity contribution in [1.82, 2.24) is 9.88 Å². The molecule has 5 nitrogen and oxygen atoms in total. The summed E-state index contributed by atoms with van der Waals surface area (Å²) in [7, 11) is 2.00. The van der Waals surface area contributed by atoms with E-state index in [-0.39, 0.29) is 6.10 Å². The van der Waals surface area contributed by atoms with Crippen molar-refractivity contribution in [2.75, 3.05) is 13.6 Å². The Morgan fingerprint density at radius 1 is 1.47 bits per heavy atom. The van der Waals surface area contributed by atoms with Crippen molar-refractivity contribution in [2.24, 2.45) is 0 Å². The first-order valence-corrected chi connectivity index (χ1v) is 6.43. The first-order valence-electron chi connectivity index (χ1n) is 6.43. The minimum Gasteiger partial charge on any atom is -0.459 e. The van der Waals surface area contributed by atoms with Gasteiger partial charge in [0, 0.05) is 13.1 Å². The minimum atomic E-state index is -0.278. The molecule has 19 heavy (non-hydrogen) atoms. The largest absolute Gasteiger partial charge is 0.459 e. The molecule has 0 saturated heterocycles. The number of aliphatic hydroxyl groups is 1. The summed E-state index contributed by atoms with van der Waals surface area (Å²) in [4.78, 5) is 6.57. The van der Waals surface area contributed by atoms with Crippen LogP contribution in [-0.4, -0.2) is 34.7 Å². The van der Waals surface area contributed by atoms with Crippen LogP contribution in [-0.2, 0) is 6.54 Å². The molecule has 0 aliphatic carbocycles. The third-order valence-electron chi connectivity index (χ3n) is 2.97. The summed E-state index contributed by atoms with van der Waals surface area (Å²) >= 11 is 0. The Kier molecular flexibility index (Phi) is 4.39. The van der Waals surface area contributed by atoms with Gasteiger partial charge in [0.15, 0.2) is 5.76 Å². The highest BCUT2D eigenvalue weighted by atomic mass is 16.4. The smallest absolute Gasteiger partial charge is 0.263 e. The Hall–Kier alpha value is -1.59. The predicted octanol–water partition coefficient (Wildman–Crippen LogP) is 2.45. The maximum absolute atomic E-state index is 9.28. The second-order valence-electron chi connectivity index (χ2n) is 4.87. The molecule has 104 valence electrons. The first kappa shape index (κ1) is 13.8. The van der Waals surface area contributed by atoms with Crippen molar-refractivity contribution in [3.8, 4) is 11.7 Å². The molecule has 5 heteroatoms. The normalized spacial score (nSPS) is 13.1. The van der Waals surface area contributed by atoms with E-state index in [1.165, 1.54) is 0 Å². The van der Waals surface area contributed by atoms with Crippen LogP contribution in [0.2, 0.25) is 0 Å². The Balaban J connectivity index is 2.01. The van der Waals surface area contributed by atoms with Crippen molar-refractivity contribution in [3.05, 3.63) is 29.9 Å². The van der Waals surface area contributed by atoms with Gasteiger partial charge in [0.25, 0.3) is 5.89 Å². The number of nitrogens with zero attached hydrogens (tertiary/aromatic N) is 2. The van der Waals surface area contributed by atoms with Gasteiger partial charge < -0.3 is 18.8 Å². The molecule has 0 fully saturated rings. The summed E-state index contributed by atoms with van der Waals surface area (Å²) in [5.41, 5.74) is 0.902. The molecule has 0 amide bonds. The van der Waals surface area contributed by atoms with Crippen LogP contribution < -0.4 is 0 Å². The van der Waals surface area contributed by atoms with E-state index in [0.29, 0.717) is 18.2 Å². The van der Waals surface area contributed by atoms with Crippen molar-refractivity contribution in [2.45, 2.75) is 32.9 Å². The molecule has 2 aromatic rings. The molecule has 2 heterocycles. The van der Waals surface area contributed by atoms with Crippen LogP contribution in [0.3, 0.4) is 0 Å². The Bertz CT molecular complexity index is 503. The van der Waals surface area contributed by atoms with E-state index in [1.54, 1.807) is 13.2 Å². The van der Waals surface area contributed by atoms with Crippen LogP contribution in [0.15, 0.2) is 27.2 Å². The lowest BCUT2D eigenvalue weighted by atomic mass is 10.2. The number of hydrogen-bond acceptors (Lipinski definition) is 5. The molecule has 1 atom stereocenters. The summed E-state index contributed by atoms with van der Waals surface area (Å²) < 4.78 is 10.9.